The van der Waals surface area contributed by atoms with Crippen molar-refractivity contribution in [2.75, 3.05) is 6.61 Å². The maximum absolute atomic E-state index is 12.7. The Morgan fingerprint density at radius 2 is 1.84 bits per heavy atom. The van der Waals surface area contributed by atoms with Crippen molar-refractivity contribution in [1.29, 1.82) is 0 Å². The van der Waals surface area contributed by atoms with Gasteiger partial charge in [-0.3, -0.25) is 4.79 Å². The average Bonchev–Trinajstić information content (AvgIpc) is 2.55. The van der Waals surface area contributed by atoms with Crippen LogP contribution in [0.15, 0.2) is 42.5 Å². The number of ether oxygens (including phenoxy) is 1. The monoisotopic (exact) mass is 351 g/mol. The van der Waals surface area contributed by atoms with Crippen LogP contribution in [-0.4, -0.2) is 12.5 Å². The third kappa shape index (κ3) is 5.24. The van der Waals surface area contributed by atoms with Gasteiger partial charge >= 0.3 is 6.18 Å². The number of hydrogen-bond acceptors (Lipinski definition) is 2. The fourth-order valence-corrected chi connectivity index (χ4v) is 2.31. The van der Waals surface area contributed by atoms with Crippen LogP contribution in [0.4, 0.5) is 13.2 Å². The molecule has 1 amide bonds. The molecule has 0 heterocycles. The highest BCUT2D eigenvalue weighted by atomic mass is 19.4. The van der Waals surface area contributed by atoms with Crippen molar-refractivity contribution in [2.45, 2.75) is 33.0 Å². The lowest BCUT2D eigenvalue weighted by Crippen LogP contribution is -2.31. The molecule has 6 heteroatoms. The number of nitrogens with one attached hydrogen (secondary N) is 1. The van der Waals surface area contributed by atoms with Gasteiger partial charge in [-0.05, 0) is 55.7 Å². The van der Waals surface area contributed by atoms with Crippen molar-refractivity contribution in [2.24, 2.45) is 0 Å². The Morgan fingerprint density at radius 1 is 1.12 bits per heavy atom. The first-order valence-corrected chi connectivity index (χ1v) is 7.83. The Hall–Kier alpha value is -2.50. The molecule has 0 aliphatic rings. The molecule has 3 nitrogen and oxygen atoms in total. The van der Waals surface area contributed by atoms with Crippen molar-refractivity contribution in [1.82, 2.24) is 5.32 Å². The zero-order valence-corrected chi connectivity index (χ0v) is 14.3. The minimum Gasteiger partial charge on any atom is -0.484 e. The molecule has 0 aliphatic heterocycles. The third-order valence-corrected chi connectivity index (χ3v) is 3.94. The largest absolute Gasteiger partial charge is 0.484 e. The molecular weight excluding hydrogens is 331 g/mol. The zero-order valence-electron chi connectivity index (χ0n) is 14.3. The van der Waals surface area contributed by atoms with Crippen LogP contribution in [-0.2, 0) is 11.0 Å². The first-order chi connectivity index (χ1) is 11.7. The number of halogens is 3. The summed E-state index contributed by atoms with van der Waals surface area (Å²) in [6.07, 6.45) is -4.44. The molecule has 25 heavy (non-hydrogen) atoms. The van der Waals surface area contributed by atoms with Gasteiger partial charge in [0.1, 0.15) is 5.75 Å². The van der Waals surface area contributed by atoms with Gasteiger partial charge in [-0.2, -0.15) is 13.2 Å². The number of hydrogen-bond donors (Lipinski definition) is 1. The summed E-state index contributed by atoms with van der Waals surface area (Å²) in [6, 6.07) is 10.1. The van der Waals surface area contributed by atoms with E-state index in [-0.39, 0.29) is 18.4 Å². The number of carbonyl (C=O) groups is 1. The molecule has 0 radical (unpaired) electrons. The highest BCUT2D eigenvalue weighted by Gasteiger charge is 2.30. The van der Waals surface area contributed by atoms with E-state index in [2.05, 4.69) is 5.32 Å². The van der Waals surface area contributed by atoms with Crippen LogP contribution < -0.4 is 10.1 Å². The topological polar surface area (TPSA) is 38.3 Å². The Bertz CT molecular complexity index is 757. The van der Waals surface area contributed by atoms with E-state index in [1.807, 2.05) is 39.0 Å². The van der Waals surface area contributed by atoms with Gasteiger partial charge < -0.3 is 10.1 Å². The summed E-state index contributed by atoms with van der Waals surface area (Å²) in [6.45, 7) is 5.48. The third-order valence-electron chi connectivity index (χ3n) is 3.94. The van der Waals surface area contributed by atoms with E-state index in [0.717, 1.165) is 28.8 Å². The van der Waals surface area contributed by atoms with Crippen LogP contribution in [0, 0.1) is 13.8 Å². The fraction of sp³-hybridized carbons (Fsp3) is 0.316. The average molecular weight is 351 g/mol. The van der Waals surface area contributed by atoms with Gasteiger partial charge in [-0.25, -0.2) is 0 Å². The normalized spacial score (nSPS) is 12.6. The quantitative estimate of drug-likeness (QED) is 0.856. The van der Waals surface area contributed by atoms with Gasteiger partial charge in [0.05, 0.1) is 11.6 Å². The molecule has 0 aromatic heterocycles. The second kappa shape index (κ2) is 7.59. The van der Waals surface area contributed by atoms with Gasteiger partial charge in [0.15, 0.2) is 6.61 Å². The summed E-state index contributed by atoms with van der Waals surface area (Å²) in [4.78, 5) is 12.0. The summed E-state index contributed by atoms with van der Waals surface area (Å²) in [5.41, 5.74) is 2.43. The van der Waals surface area contributed by atoms with Crippen LogP contribution in [0.1, 0.15) is 35.2 Å². The number of benzene rings is 2. The summed E-state index contributed by atoms with van der Waals surface area (Å²) < 4.78 is 43.1. The van der Waals surface area contributed by atoms with Crippen LogP contribution in [0.2, 0.25) is 0 Å². The molecule has 1 unspecified atom stereocenters. The number of amides is 1. The zero-order chi connectivity index (χ0) is 18.6. The Labute approximate surface area is 144 Å². The molecule has 134 valence electrons. The number of rotatable bonds is 5. The first-order valence-electron chi connectivity index (χ1n) is 7.83. The summed E-state index contributed by atoms with van der Waals surface area (Å²) in [5, 5.41) is 2.77. The molecule has 1 N–H and O–H groups in total. The molecule has 0 saturated heterocycles. The second-order valence-electron chi connectivity index (χ2n) is 5.95. The van der Waals surface area contributed by atoms with E-state index >= 15 is 0 Å². The molecule has 0 fully saturated rings. The Balaban J connectivity index is 1.93. The number of aryl methyl sites for hydroxylation is 2. The van der Waals surface area contributed by atoms with Crippen molar-refractivity contribution in [3.8, 4) is 5.75 Å². The maximum Gasteiger partial charge on any atom is 0.416 e. The van der Waals surface area contributed by atoms with Crippen molar-refractivity contribution in [3.63, 3.8) is 0 Å². The standard InChI is InChI=1S/C19H20F3NO2/c1-12-7-8-15(9-13(12)2)14(3)23-18(24)11-25-17-6-4-5-16(10-17)19(20,21)22/h4-10,14H,11H2,1-3H3,(H,23,24). The second-order valence-corrected chi connectivity index (χ2v) is 5.95. The fourth-order valence-electron chi connectivity index (χ4n) is 2.31. The molecule has 2 aromatic rings. The predicted molar refractivity (Wildman–Crippen MR) is 89.4 cm³/mol. The molecule has 0 saturated carbocycles. The van der Waals surface area contributed by atoms with E-state index in [4.69, 9.17) is 4.74 Å². The van der Waals surface area contributed by atoms with E-state index in [1.165, 1.54) is 12.1 Å². The predicted octanol–water partition coefficient (Wildman–Crippen LogP) is 4.58. The highest BCUT2D eigenvalue weighted by molar-refractivity contribution is 5.78. The van der Waals surface area contributed by atoms with E-state index in [0.29, 0.717) is 0 Å². The summed E-state index contributed by atoms with van der Waals surface area (Å²) in [5.74, 6) is -0.396. The molecule has 0 spiro atoms. The summed E-state index contributed by atoms with van der Waals surface area (Å²) in [7, 11) is 0. The van der Waals surface area contributed by atoms with E-state index < -0.39 is 17.6 Å². The molecule has 0 aliphatic carbocycles. The van der Waals surface area contributed by atoms with Gasteiger partial charge in [-0.1, -0.05) is 24.3 Å². The summed E-state index contributed by atoms with van der Waals surface area (Å²) >= 11 is 0. The maximum atomic E-state index is 12.7. The smallest absolute Gasteiger partial charge is 0.416 e. The lowest BCUT2D eigenvalue weighted by atomic mass is 10.0. The highest BCUT2D eigenvalue weighted by Crippen LogP contribution is 2.31. The van der Waals surface area contributed by atoms with Crippen LogP contribution in [0.5, 0.6) is 5.75 Å². The van der Waals surface area contributed by atoms with Gasteiger partial charge in [0, 0.05) is 0 Å². The minimum absolute atomic E-state index is 0.00353. The van der Waals surface area contributed by atoms with E-state index in [9.17, 15) is 18.0 Å². The Kier molecular flexibility index (Phi) is 5.72. The molecular formula is C19H20F3NO2. The van der Waals surface area contributed by atoms with Crippen LogP contribution >= 0.6 is 0 Å². The van der Waals surface area contributed by atoms with E-state index in [1.54, 1.807) is 0 Å². The van der Waals surface area contributed by atoms with Gasteiger partial charge in [0.2, 0.25) is 0 Å². The van der Waals surface area contributed by atoms with Crippen LogP contribution in [0.3, 0.4) is 0 Å². The van der Waals surface area contributed by atoms with Crippen molar-refractivity contribution >= 4 is 5.91 Å². The first kappa shape index (κ1) is 18.8. The van der Waals surface area contributed by atoms with Gasteiger partial charge in [0.25, 0.3) is 5.91 Å². The molecule has 2 rings (SSSR count). The molecule has 1 atom stereocenters. The van der Waals surface area contributed by atoms with Crippen molar-refractivity contribution in [3.05, 3.63) is 64.7 Å². The van der Waals surface area contributed by atoms with Crippen molar-refractivity contribution < 1.29 is 22.7 Å². The minimum atomic E-state index is -4.44. The number of alkyl halides is 3. The SMILES string of the molecule is Cc1ccc(C(C)NC(=O)COc2cccc(C(F)(F)F)c2)cc1C. The lowest BCUT2D eigenvalue weighted by molar-refractivity contribution is -0.137. The van der Waals surface area contributed by atoms with Crippen LogP contribution in [0.25, 0.3) is 0 Å². The number of carbonyl (C=O) groups excluding carboxylic acids is 1. The molecule has 2 aromatic carbocycles. The van der Waals surface area contributed by atoms with Gasteiger partial charge in [-0.15, -0.1) is 0 Å². The lowest BCUT2D eigenvalue weighted by Gasteiger charge is -2.16. The molecule has 0 bridgehead atoms. The Morgan fingerprint density at radius 3 is 2.48 bits per heavy atom.